The van der Waals surface area contributed by atoms with E-state index in [4.69, 9.17) is 17.3 Å². The number of nitrogens with two attached hydrogens (primary N) is 1. The minimum Gasteiger partial charge on any atom is -0.393 e. The van der Waals surface area contributed by atoms with Crippen molar-refractivity contribution in [3.8, 4) is 0 Å². The quantitative estimate of drug-likeness (QED) is 0.893. The van der Waals surface area contributed by atoms with Crippen molar-refractivity contribution in [3.63, 3.8) is 0 Å². The topological polar surface area (TPSA) is 49.5 Å². The first-order chi connectivity index (χ1) is 9.17. The van der Waals surface area contributed by atoms with Gasteiger partial charge < -0.3 is 10.8 Å². The van der Waals surface area contributed by atoms with Crippen molar-refractivity contribution < 1.29 is 5.11 Å². The van der Waals surface area contributed by atoms with E-state index < -0.39 is 0 Å². The molecular weight excluding hydrogens is 260 g/mol. The fraction of sp³-hybridized carbons (Fsp3) is 0.600. The molecule has 2 aliphatic rings. The molecule has 4 heteroatoms. The minimum absolute atomic E-state index is 0.108. The van der Waals surface area contributed by atoms with Crippen LogP contribution in [0.1, 0.15) is 36.8 Å². The Morgan fingerprint density at radius 3 is 2.53 bits per heavy atom. The Morgan fingerprint density at radius 2 is 1.95 bits per heavy atom. The van der Waals surface area contributed by atoms with Crippen LogP contribution in [0.4, 0.5) is 0 Å². The fourth-order valence-corrected chi connectivity index (χ4v) is 3.81. The molecule has 2 atom stereocenters. The number of piperidine rings is 1. The lowest BCUT2D eigenvalue weighted by Crippen LogP contribution is -2.44. The molecule has 0 radical (unpaired) electrons. The van der Waals surface area contributed by atoms with Gasteiger partial charge in [0.1, 0.15) is 0 Å². The maximum Gasteiger partial charge on any atom is 0.0570 e. The van der Waals surface area contributed by atoms with Gasteiger partial charge in [-0.2, -0.15) is 0 Å². The van der Waals surface area contributed by atoms with E-state index >= 15 is 0 Å². The molecule has 2 saturated heterocycles. The lowest BCUT2D eigenvalue weighted by molar-refractivity contribution is 0.0310. The molecule has 3 nitrogen and oxygen atoms in total. The molecule has 0 amide bonds. The van der Waals surface area contributed by atoms with Crippen LogP contribution >= 0.6 is 11.6 Å². The molecule has 0 aromatic heterocycles. The summed E-state index contributed by atoms with van der Waals surface area (Å²) in [6, 6.07) is 7.17. The monoisotopic (exact) mass is 280 g/mol. The summed E-state index contributed by atoms with van der Waals surface area (Å²) in [5.74, 6) is 0. The second-order valence-corrected chi connectivity index (χ2v) is 6.22. The smallest absolute Gasteiger partial charge is 0.0570 e. The molecule has 3 rings (SSSR count). The molecule has 2 unspecified atom stereocenters. The number of aliphatic hydroxyl groups excluding tert-OH is 1. The van der Waals surface area contributed by atoms with Gasteiger partial charge in [-0.25, -0.2) is 0 Å². The maximum atomic E-state index is 9.83. The largest absolute Gasteiger partial charge is 0.393 e. The van der Waals surface area contributed by atoms with Crippen molar-refractivity contribution in [1.82, 2.24) is 4.90 Å². The van der Waals surface area contributed by atoms with Crippen molar-refractivity contribution in [2.24, 2.45) is 5.73 Å². The van der Waals surface area contributed by atoms with Gasteiger partial charge in [-0.1, -0.05) is 23.7 Å². The molecule has 19 heavy (non-hydrogen) atoms. The Balaban J connectivity index is 1.75. The van der Waals surface area contributed by atoms with Crippen LogP contribution in [0.15, 0.2) is 18.2 Å². The number of benzene rings is 1. The summed E-state index contributed by atoms with van der Waals surface area (Å²) in [6.45, 7) is 1.42. The first-order valence-corrected chi connectivity index (χ1v) is 7.46. The summed E-state index contributed by atoms with van der Waals surface area (Å²) in [5, 5.41) is 10.6. The zero-order chi connectivity index (χ0) is 13.4. The predicted octanol–water partition coefficient (Wildman–Crippen LogP) is 2.29. The van der Waals surface area contributed by atoms with E-state index in [1.807, 2.05) is 6.07 Å². The van der Waals surface area contributed by atoms with Crippen molar-refractivity contribution in [2.45, 2.75) is 57.0 Å². The molecule has 2 fully saturated rings. The maximum absolute atomic E-state index is 9.83. The third-order valence-electron chi connectivity index (χ3n) is 4.57. The summed E-state index contributed by atoms with van der Waals surface area (Å²) < 4.78 is 0. The Labute approximate surface area is 119 Å². The second kappa shape index (κ2) is 5.41. The molecule has 2 bridgehead atoms. The van der Waals surface area contributed by atoms with Crippen molar-refractivity contribution in [3.05, 3.63) is 34.3 Å². The average molecular weight is 281 g/mol. The summed E-state index contributed by atoms with van der Waals surface area (Å²) in [6.07, 6.45) is 4.13. The first kappa shape index (κ1) is 13.4. The van der Waals surface area contributed by atoms with Crippen LogP contribution < -0.4 is 5.73 Å². The third kappa shape index (κ3) is 2.65. The van der Waals surface area contributed by atoms with Crippen LogP contribution in [0.5, 0.6) is 0 Å². The number of hydrogen-bond donors (Lipinski definition) is 2. The lowest BCUT2D eigenvalue weighted by atomic mass is 9.99. The number of aliphatic hydroxyl groups is 1. The fourth-order valence-electron chi connectivity index (χ4n) is 3.55. The molecule has 2 aliphatic heterocycles. The highest BCUT2D eigenvalue weighted by molar-refractivity contribution is 6.31. The van der Waals surface area contributed by atoms with Crippen LogP contribution in [-0.4, -0.2) is 28.2 Å². The van der Waals surface area contributed by atoms with Crippen LogP contribution in [0.3, 0.4) is 0 Å². The lowest BCUT2D eigenvalue weighted by Gasteiger charge is -2.37. The Morgan fingerprint density at radius 1 is 1.26 bits per heavy atom. The number of halogens is 1. The summed E-state index contributed by atoms with van der Waals surface area (Å²) in [7, 11) is 0. The van der Waals surface area contributed by atoms with Crippen molar-refractivity contribution >= 4 is 11.6 Å². The number of nitrogens with zero attached hydrogens (tertiary/aromatic N) is 1. The number of hydrogen-bond acceptors (Lipinski definition) is 3. The predicted molar refractivity (Wildman–Crippen MR) is 76.9 cm³/mol. The van der Waals surface area contributed by atoms with Gasteiger partial charge in [0, 0.05) is 30.2 Å². The van der Waals surface area contributed by atoms with Gasteiger partial charge in [0.05, 0.1) is 6.10 Å². The van der Waals surface area contributed by atoms with Gasteiger partial charge in [-0.15, -0.1) is 0 Å². The van der Waals surface area contributed by atoms with Crippen LogP contribution in [0.2, 0.25) is 5.02 Å². The van der Waals surface area contributed by atoms with E-state index in [2.05, 4.69) is 17.0 Å². The Bertz CT molecular complexity index is 451. The SMILES string of the molecule is NCc1ccc(CN2C3CCC2CC(O)C3)c(Cl)c1. The van der Waals surface area contributed by atoms with E-state index in [-0.39, 0.29) is 6.10 Å². The normalized spacial score (nSPS) is 30.8. The minimum atomic E-state index is -0.108. The highest BCUT2D eigenvalue weighted by atomic mass is 35.5. The summed E-state index contributed by atoms with van der Waals surface area (Å²) in [4.78, 5) is 2.52. The summed E-state index contributed by atoms with van der Waals surface area (Å²) in [5.41, 5.74) is 7.87. The van der Waals surface area contributed by atoms with Crippen molar-refractivity contribution in [1.29, 1.82) is 0 Å². The van der Waals surface area contributed by atoms with E-state index in [1.165, 1.54) is 18.4 Å². The second-order valence-electron chi connectivity index (χ2n) is 5.81. The van der Waals surface area contributed by atoms with Crippen molar-refractivity contribution in [2.75, 3.05) is 0 Å². The molecule has 0 saturated carbocycles. The molecule has 104 valence electrons. The first-order valence-electron chi connectivity index (χ1n) is 7.08. The molecule has 0 spiro atoms. The van der Waals surface area contributed by atoms with Gasteiger partial charge in [-0.3, -0.25) is 4.90 Å². The number of fused-ring (bicyclic) bond motifs is 2. The molecule has 3 N–H and O–H groups in total. The molecule has 0 aliphatic carbocycles. The highest BCUT2D eigenvalue weighted by Gasteiger charge is 2.39. The summed E-state index contributed by atoms with van der Waals surface area (Å²) >= 11 is 6.34. The Kier molecular flexibility index (Phi) is 3.81. The van der Waals surface area contributed by atoms with Gasteiger partial charge >= 0.3 is 0 Å². The molecule has 1 aromatic rings. The van der Waals surface area contributed by atoms with Crippen LogP contribution in [0.25, 0.3) is 0 Å². The van der Waals surface area contributed by atoms with Gasteiger partial charge in [0.25, 0.3) is 0 Å². The third-order valence-corrected chi connectivity index (χ3v) is 4.92. The van der Waals surface area contributed by atoms with Gasteiger partial charge in [0.2, 0.25) is 0 Å². The highest BCUT2D eigenvalue weighted by Crippen LogP contribution is 2.37. The average Bonchev–Trinajstić information content (AvgIpc) is 2.63. The number of rotatable bonds is 3. The van der Waals surface area contributed by atoms with E-state index in [1.54, 1.807) is 0 Å². The van der Waals surface area contributed by atoms with Crippen LogP contribution in [-0.2, 0) is 13.1 Å². The van der Waals surface area contributed by atoms with E-state index in [9.17, 15) is 5.11 Å². The zero-order valence-electron chi connectivity index (χ0n) is 11.1. The van der Waals surface area contributed by atoms with Gasteiger partial charge in [0.15, 0.2) is 0 Å². The van der Waals surface area contributed by atoms with E-state index in [0.29, 0.717) is 18.6 Å². The molecule has 1 aromatic carbocycles. The zero-order valence-corrected chi connectivity index (χ0v) is 11.8. The molecular formula is C15H21ClN2O. The molecule has 2 heterocycles. The Hall–Kier alpha value is -0.610. The standard InChI is InChI=1S/C15H21ClN2O/c16-15-5-10(8-17)1-2-11(15)9-18-12-3-4-13(18)7-14(19)6-12/h1-2,5,12-14,19H,3-4,6-9,17H2. The van der Waals surface area contributed by atoms with Crippen LogP contribution in [0, 0.1) is 0 Å². The van der Waals surface area contributed by atoms with E-state index in [0.717, 1.165) is 30.0 Å². The van der Waals surface area contributed by atoms with Gasteiger partial charge in [-0.05, 0) is 42.9 Å².